The fraction of sp³-hybridized carbons (Fsp3) is 0.333. The second-order valence-corrected chi connectivity index (χ2v) is 8.12. The topological polar surface area (TPSA) is 69.6 Å². The Morgan fingerprint density at radius 2 is 1.71 bits per heavy atom. The zero-order valence-corrected chi connectivity index (χ0v) is 15.3. The van der Waals surface area contributed by atoms with Gasteiger partial charge in [0.05, 0.1) is 4.90 Å². The van der Waals surface area contributed by atoms with Crippen molar-refractivity contribution in [2.24, 2.45) is 5.92 Å². The molecule has 0 saturated carbocycles. The van der Waals surface area contributed by atoms with E-state index >= 15 is 0 Å². The Kier molecular flexibility index (Phi) is 5.39. The predicted molar refractivity (Wildman–Crippen MR) is 98.2 cm³/mol. The normalized spacial score (nSPS) is 11.5. The van der Waals surface area contributed by atoms with Gasteiger partial charge < -0.3 is 10.0 Å². The minimum absolute atomic E-state index is 0.123. The summed E-state index contributed by atoms with van der Waals surface area (Å²) in [6.45, 7) is 4.04. The van der Waals surface area contributed by atoms with Crippen LogP contribution in [0.3, 0.4) is 0 Å². The van der Waals surface area contributed by atoms with Gasteiger partial charge in [-0.3, -0.25) is 4.72 Å². The number of hydrogen-bond acceptors (Lipinski definition) is 4. The van der Waals surface area contributed by atoms with Crippen molar-refractivity contribution in [1.82, 2.24) is 0 Å². The van der Waals surface area contributed by atoms with E-state index < -0.39 is 10.0 Å². The number of aromatic hydroxyl groups is 1. The second kappa shape index (κ2) is 7.13. The summed E-state index contributed by atoms with van der Waals surface area (Å²) < 4.78 is 27.7. The molecule has 0 bridgehead atoms. The summed E-state index contributed by atoms with van der Waals surface area (Å²) in [6.07, 6.45) is 0.618. The Hall–Kier alpha value is -2.21. The van der Waals surface area contributed by atoms with E-state index in [1.807, 2.05) is 45.0 Å². The van der Waals surface area contributed by atoms with Crippen LogP contribution in [0.2, 0.25) is 0 Å². The summed E-state index contributed by atoms with van der Waals surface area (Å²) in [4.78, 5) is 2.09. The van der Waals surface area contributed by atoms with Gasteiger partial charge in [-0.15, -0.1) is 0 Å². The SMILES string of the molecule is CC(C)Cc1cc(S(=O)(=O)Nc2ccc(N(C)C)cc2)ccc1O. The maximum Gasteiger partial charge on any atom is 0.261 e. The van der Waals surface area contributed by atoms with Gasteiger partial charge in [-0.1, -0.05) is 13.8 Å². The Bertz CT molecular complexity index is 798. The molecule has 24 heavy (non-hydrogen) atoms. The third-order valence-corrected chi connectivity index (χ3v) is 5.00. The van der Waals surface area contributed by atoms with Crippen LogP contribution in [0.1, 0.15) is 19.4 Å². The fourth-order valence-electron chi connectivity index (χ4n) is 2.37. The Morgan fingerprint density at radius 1 is 1.08 bits per heavy atom. The highest BCUT2D eigenvalue weighted by Gasteiger charge is 2.17. The minimum Gasteiger partial charge on any atom is -0.508 e. The van der Waals surface area contributed by atoms with Gasteiger partial charge in [-0.05, 0) is 60.4 Å². The number of sulfonamides is 1. The number of rotatable bonds is 6. The van der Waals surface area contributed by atoms with Crippen molar-refractivity contribution in [2.45, 2.75) is 25.2 Å². The Morgan fingerprint density at radius 3 is 2.25 bits per heavy atom. The standard InChI is InChI=1S/C18H24N2O3S/c1-13(2)11-14-12-17(9-10-18(14)21)24(22,23)19-15-5-7-16(8-6-15)20(3)4/h5-10,12-13,19,21H,11H2,1-4H3. The molecule has 0 heterocycles. The van der Waals surface area contributed by atoms with Gasteiger partial charge in [0, 0.05) is 25.5 Å². The van der Waals surface area contributed by atoms with Crippen molar-refractivity contribution < 1.29 is 13.5 Å². The van der Waals surface area contributed by atoms with Crippen LogP contribution in [0.25, 0.3) is 0 Å². The van der Waals surface area contributed by atoms with Gasteiger partial charge in [0.15, 0.2) is 0 Å². The van der Waals surface area contributed by atoms with Gasteiger partial charge >= 0.3 is 0 Å². The van der Waals surface area contributed by atoms with E-state index in [0.29, 0.717) is 23.6 Å². The summed E-state index contributed by atoms with van der Waals surface area (Å²) in [5, 5.41) is 9.90. The summed E-state index contributed by atoms with van der Waals surface area (Å²) >= 11 is 0. The molecular formula is C18H24N2O3S. The molecule has 2 aromatic rings. The van der Waals surface area contributed by atoms with Crippen LogP contribution in [-0.4, -0.2) is 27.6 Å². The molecule has 0 aromatic heterocycles. The molecule has 0 aliphatic rings. The molecule has 0 saturated heterocycles. The van der Waals surface area contributed by atoms with Crippen molar-refractivity contribution in [3.8, 4) is 5.75 Å². The second-order valence-electron chi connectivity index (χ2n) is 6.44. The lowest BCUT2D eigenvalue weighted by Crippen LogP contribution is -2.14. The van der Waals surface area contributed by atoms with Crippen molar-refractivity contribution in [3.63, 3.8) is 0 Å². The molecular weight excluding hydrogens is 324 g/mol. The van der Waals surface area contributed by atoms with Crippen molar-refractivity contribution in [3.05, 3.63) is 48.0 Å². The number of phenols is 1. The number of benzene rings is 2. The highest BCUT2D eigenvalue weighted by Crippen LogP contribution is 2.26. The maximum absolute atomic E-state index is 12.6. The monoisotopic (exact) mass is 348 g/mol. The van der Waals surface area contributed by atoms with Gasteiger partial charge in [-0.25, -0.2) is 8.42 Å². The first-order valence-corrected chi connectivity index (χ1v) is 9.29. The molecule has 0 aliphatic heterocycles. The van der Waals surface area contributed by atoms with Crippen LogP contribution in [0.15, 0.2) is 47.4 Å². The largest absolute Gasteiger partial charge is 0.508 e. The van der Waals surface area contributed by atoms with Crippen molar-refractivity contribution in [2.75, 3.05) is 23.7 Å². The average Bonchev–Trinajstić information content (AvgIpc) is 2.49. The first kappa shape index (κ1) is 18.1. The molecule has 2 aromatic carbocycles. The van der Waals surface area contributed by atoms with Crippen LogP contribution in [0.5, 0.6) is 5.75 Å². The number of nitrogens with zero attached hydrogens (tertiary/aromatic N) is 1. The smallest absolute Gasteiger partial charge is 0.261 e. The van der Waals surface area contributed by atoms with E-state index in [9.17, 15) is 13.5 Å². The minimum atomic E-state index is -3.70. The van der Waals surface area contributed by atoms with E-state index in [1.54, 1.807) is 12.1 Å². The first-order chi connectivity index (χ1) is 11.2. The van der Waals surface area contributed by atoms with Crippen LogP contribution >= 0.6 is 0 Å². The molecule has 0 amide bonds. The molecule has 5 nitrogen and oxygen atoms in total. The molecule has 130 valence electrons. The molecule has 0 unspecified atom stereocenters. The molecule has 0 radical (unpaired) electrons. The van der Waals surface area contributed by atoms with Gasteiger partial charge in [-0.2, -0.15) is 0 Å². The summed E-state index contributed by atoms with van der Waals surface area (Å²) in [5.41, 5.74) is 2.12. The van der Waals surface area contributed by atoms with Crippen LogP contribution in [-0.2, 0) is 16.4 Å². The van der Waals surface area contributed by atoms with Gasteiger partial charge in [0.25, 0.3) is 10.0 Å². The molecule has 0 aliphatic carbocycles. The fourth-order valence-corrected chi connectivity index (χ4v) is 3.48. The maximum atomic E-state index is 12.6. The third-order valence-electron chi connectivity index (χ3n) is 3.63. The summed E-state index contributed by atoms with van der Waals surface area (Å²) in [7, 11) is 0.149. The van der Waals surface area contributed by atoms with Gasteiger partial charge in [0.1, 0.15) is 5.75 Å². The number of hydrogen-bond donors (Lipinski definition) is 2. The molecule has 0 atom stereocenters. The zero-order chi connectivity index (χ0) is 17.9. The van der Waals surface area contributed by atoms with E-state index in [2.05, 4.69) is 4.72 Å². The number of phenolic OH excluding ortho intramolecular Hbond substituents is 1. The highest BCUT2D eigenvalue weighted by molar-refractivity contribution is 7.92. The zero-order valence-electron chi connectivity index (χ0n) is 14.4. The predicted octanol–water partition coefficient (Wildman–Crippen LogP) is 3.46. The first-order valence-electron chi connectivity index (χ1n) is 7.81. The third kappa shape index (κ3) is 4.41. The lowest BCUT2D eigenvalue weighted by molar-refractivity contribution is 0.461. The van der Waals surface area contributed by atoms with Crippen LogP contribution in [0.4, 0.5) is 11.4 Å². The quantitative estimate of drug-likeness (QED) is 0.839. The highest BCUT2D eigenvalue weighted by atomic mass is 32.2. The molecule has 0 fully saturated rings. The molecule has 6 heteroatoms. The van der Waals surface area contributed by atoms with E-state index in [4.69, 9.17) is 0 Å². The van der Waals surface area contributed by atoms with Crippen LogP contribution < -0.4 is 9.62 Å². The van der Waals surface area contributed by atoms with E-state index in [0.717, 1.165) is 5.69 Å². The van der Waals surface area contributed by atoms with E-state index in [1.165, 1.54) is 18.2 Å². The lowest BCUT2D eigenvalue weighted by atomic mass is 10.0. The Balaban J connectivity index is 2.26. The number of anilines is 2. The van der Waals surface area contributed by atoms with E-state index in [-0.39, 0.29) is 10.6 Å². The van der Waals surface area contributed by atoms with Crippen molar-refractivity contribution >= 4 is 21.4 Å². The molecule has 0 spiro atoms. The van der Waals surface area contributed by atoms with Crippen LogP contribution in [0, 0.1) is 5.92 Å². The summed E-state index contributed by atoms with van der Waals surface area (Å²) in [6, 6.07) is 11.5. The summed E-state index contributed by atoms with van der Waals surface area (Å²) in [5.74, 6) is 0.443. The molecule has 2 rings (SSSR count). The Labute approximate surface area is 144 Å². The lowest BCUT2D eigenvalue weighted by Gasteiger charge is -2.14. The average molecular weight is 348 g/mol. The number of nitrogens with one attached hydrogen (secondary N) is 1. The molecule has 2 N–H and O–H groups in total. The van der Waals surface area contributed by atoms with Crippen molar-refractivity contribution in [1.29, 1.82) is 0 Å². The van der Waals surface area contributed by atoms with Gasteiger partial charge in [0.2, 0.25) is 0 Å².